The number of carboxylic acids is 1. The molecule has 2 aromatic carbocycles. The first-order chi connectivity index (χ1) is 10.1. The summed E-state index contributed by atoms with van der Waals surface area (Å²) in [7, 11) is 0. The molecule has 0 aliphatic carbocycles. The first kappa shape index (κ1) is 13.8. The third-order valence-corrected chi connectivity index (χ3v) is 4.15. The quantitative estimate of drug-likeness (QED) is 0.739. The number of aromatic nitrogens is 1. The van der Waals surface area contributed by atoms with Gasteiger partial charge in [0.15, 0.2) is 0 Å². The molecule has 0 fully saturated rings. The van der Waals surface area contributed by atoms with E-state index in [0.29, 0.717) is 16.3 Å². The van der Waals surface area contributed by atoms with Gasteiger partial charge in [0.1, 0.15) is 5.82 Å². The number of hydrogen-bond acceptors (Lipinski definition) is 1. The Morgan fingerprint density at radius 3 is 2.76 bits per heavy atom. The SMILES string of the molecule is O=C(O)c1cccc2[nH]cc(Cc3ccc(F)cc3Br)c12. The summed E-state index contributed by atoms with van der Waals surface area (Å²) in [5, 5.41) is 10.0. The highest BCUT2D eigenvalue weighted by Crippen LogP contribution is 2.27. The van der Waals surface area contributed by atoms with Crippen molar-refractivity contribution in [2.75, 3.05) is 0 Å². The lowest BCUT2D eigenvalue weighted by molar-refractivity contribution is 0.0699. The maximum atomic E-state index is 13.1. The van der Waals surface area contributed by atoms with Gasteiger partial charge in [0.2, 0.25) is 0 Å². The van der Waals surface area contributed by atoms with Gasteiger partial charge in [-0.2, -0.15) is 0 Å². The monoisotopic (exact) mass is 347 g/mol. The van der Waals surface area contributed by atoms with Crippen LogP contribution in [0.5, 0.6) is 0 Å². The summed E-state index contributed by atoms with van der Waals surface area (Å²) >= 11 is 3.34. The minimum absolute atomic E-state index is 0.266. The van der Waals surface area contributed by atoms with Gasteiger partial charge < -0.3 is 10.1 Å². The Bertz CT molecular complexity index is 841. The Kier molecular flexibility index (Phi) is 3.51. The molecule has 0 radical (unpaired) electrons. The molecule has 1 heterocycles. The molecule has 0 aliphatic heterocycles. The van der Waals surface area contributed by atoms with Crippen LogP contribution in [0.15, 0.2) is 47.1 Å². The number of fused-ring (bicyclic) bond motifs is 1. The number of H-pyrrole nitrogens is 1. The molecular weight excluding hydrogens is 337 g/mol. The Labute approximate surface area is 128 Å². The average molecular weight is 348 g/mol. The van der Waals surface area contributed by atoms with Crippen LogP contribution in [-0.4, -0.2) is 16.1 Å². The molecule has 21 heavy (non-hydrogen) atoms. The first-order valence-electron chi connectivity index (χ1n) is 6.32. The van der Waals surface area contributed by atoms with Crippen LogP contribution in [0.25, 0.3) is 10.9 Å². The summed E-state index contributed by atoms with van der Waals surface area (Å²) in [6.07, 6.45) is 2.32. The molecular formula is C16H11BrFNO2. The molecule has 3 aromatic rings. The van der Waals surface area contributed by atoms with Crippen LogP contribution in [0.2, 0.25) is 0 Å². The Balaban J connectivity index is 2.11. The molecule has 5 heteroatoms. The second-order valence-electron chi connectivity index (χ2n) is 4.76. The molecule has 0 saturated carbocycles. The summed E-state index contributed by atoms with van der Waals surface area (Å²) in [4.78, 5) is 14.4. The highest BCUT2D eigenvalue weighted by molar-refractivity contribution is 9.10. The van der Waals surface area contributed by atoms with Crippen molar-refractivity contribution in [2.45, 2.75) is 6.42 Å². The third kappa shape index (κ3) is 2.56. The van der Waals surface area contributed by atoms with Gasteiger partial charge in [-0.3, -0.25) is 0 Å². The lowest BCUT2D eigenvalue weighted by Crippen LogP contribution is -1.98. The number of hydrogen-bond donors (Lipinski definition) is 2. The molecule has 3 rings (SSSR count). The van der Waals surface area contributed by atoms with Crippen LogP contribution < -0.4 is 0 Å². The zero-order valence-corrected chi connectivity index (χ0v) is 12.4. The first-order valence-corrected chi connectivity index (χ1v) is 7.12. The van der Waals surface area contributed by atoms with Crippen molar-refractivity contribution in [2.24, 2.45) is 0 Å². The van der Waals surface area contributed by atoms with Crippen LogP contribution >= 0.6 is 15.9 Å². The van der Waals surface area contributed by atoms with E-state index in [1.165, 1.54) is 12.1 Å². The summed E-state index contributed by atoms with van der Waals surface area (Å²) in [5.41, 5.74) is 2.82. The number of nitrogens with one attached hydrogen (secondary N) is 1. The van der Waals surface area contributed by atoms with E-state index in [1.807, 2.05) is 6.07 Å². The van der Waals surface area contributed by atoms with E-state index in [2.05, 4.69) is 20.9 Å². The number of benzene rings is 2. The lowest BCUT2D eigenvalue weighted by atomic mass is 10.0. The minimum Gasteiger partial charge on any atom is -0.478 e. The largest absolute Gasteiger partial charge is 0.478 e. The molecule has 1 aromatic heterocycles. The van der Waals surface area contributed by atoms with Crippen LogP contribution in [0.4, 0.5) is 4.39 Å². The minimum atomic E-state index is -0.959. The van der Waals surface area contributed by atoms with Gasteiger partial charge in [-0.25, -0.2) is 9.18 Å². The Morgan fingerprint density at radius 1 is 1.24 bits per heavy atom. The van der Waals surface area contributed by atoms with Gasteiger partial charge in [0.05, 0.1) is 5.56 Å². The van der Waals surface area contributed by atoms with Gasteiger partial charge in [-0.1, -0.05) is 28.1 Å². The van der Waals surface area contributed by atoms with Crippen LogP contribution in [0.1, 0.15) is 21.5 Å². The predicted molar refractivity (Wildman–Crippen MR) is 82.2 cm³/mol. The maximum absolute atomic E-state index is 13.1. The summed E-state index contributed by atoms with van der Waals surface area (Å²) in [6.45, 7) is 0. The third-order valence-electron chi connectivity index (χ3n) is 3.41. The van der Waals surface area contributed by atoms with E-state index in [9.17, 15) is 14.3 Å². The molecule has 0 bridgehead atoms. The number of carboxylic acid groups (broad SMARTS) is 1. The number of halogens is 2. The van der Waals surface area contributed by atoms with E-state index in [1.54, 1.807) is 24.4 Å². The van der Waals surface area contributed by atoms with Crippen molar-refractivity contribution in [3.05, 3.63) is 69.6 Å². The fourth-order valence-electron chi connectivity index (χ4n) is 2.44. The van der Waals surface area contributed by atoms with Gasteiger partial charge in [0, 0.05) is 28.0 Å². The second-order valence-corrected chi connectivity index (χ2v) is 5.61. The van der Waals surface area contributed by atoms with Gasteiger partial charge >= 0.3 is 5.97 Å². The molecule has 0 atom stereocenters. The van der Waals surface area contributed by atoms with Crippen LogP contribution in [0.3, 0.4) is 0 Å². The Hall–Kier alpha value is -2.14. The van der Waals surface area contributed by atoms with Crippen molar-refractivity contribution in [1.82, 2.24) is 4.98 Å². The molecule has 0 spiro atoms. The van der Waals surface area contributed by atoms with Gasteiger partial charge in [-0.15, -0.1) is 0 Å². The summed E-state index contributed by atoms with van der Waals surface area (Å²) in [5.74, 6) is -1.27. The molecule has 0 unspecified atom stereocenters. The van der Waals surface area contributed by atoms with Crippen molar-refractivity contribution < 1.29 is 14.3 Å². The number of carbonyl (C=O) groups is 1. The zero-order chi connectivity index (χ0) is 15.0. The fraction of sp³-hybridized carbons (Fsp3) is 0.0625. The molecule has 0 aliphatic rings. The van der Waals surface area contributed by atoms with E-state index < -0.39 is 5.97 Å². The molecule has 106 valence electrons. The molecule has 0 saturated heterocycles. The average Bonchev–Trinajstić information content (AvgIpc) is 2.85. The van der Waals surface area contributed by atoms with E-state index >= 15 is 0 Å². The van der Waals surface area contributed by atoms with Gasteiger partial charge in [-0.05, 0) is 35.4 Å². The van der Waals surface area contributed by atoms with E-state index in [-0.39, 0.29) is 11.4 Å². The molecule has 3 nitrogen and oxygen atoms in total. The van der Waals surface area contributed by atoms with E-state index in [4.69, 9.17) is 0 Å². The second kappa shape index (κ2) is 5.33. The number of aromatic amines is 1. The van der Waals surface area contributed by atoms with Crippen molar-refractivity contribution in [1.29, 1.82) is 0 Å². The number of aromatic carboxylic acids is 1. The zero-order valence-electron chi connectivity index (χ0n) is 10.9. The standard InChI is InChI=1S/C16H11BrFNO2/c17-13-7-11(18)5-4-9(13)6-10-8-19-14-3-1-2-12(15(10)14)16(20)21/h1-5,7-8,19H,6H2,(H,20,21). The van der Waals surface area contributed by atoms with Crippen molar-refractivity contribution in [3.63, 3.8) is 0 Å². The molecule has 0 amide bonds. The van der Waals surface area contributed by atoms with Crippen LogP contribution in [-0.2, 0) is 6.42 Å². The summed E-state index contributed by atoms with van der Waals surface area (Å²) in [6, 6.07) is 9.63. The lowest BCUT2D eigenvalue weighted by Gasteiger charge is -2.05. The topological polar surface area (TPSA) is 53.1 Å². The van der Waals surface area contributed by atoms with Crippen molar-refractivity contribution in [3.8, 4) is 0 Å². The normalized spacial score (nSPS) is 11.0. The maximum Gasteiger partial charge on any atom is 0.336 e. The fourth-order valence-corrected chi connectivity index (χ4v) is 2.93. The number of rotatable bonds is 3. The predicted octanol–water partition coefficient (Wildman–Crippen LogP) is 4.36. The smallest absolute Gasteiger partial charge is 0.336 e. The van der Waals surface area contributed by atoms with Crippen molar-refractivity contribution >= 4 is 32.8 Å². The summed E-state index contributed by atoms with van der Waals surface area (Å²) < 4.78 is 13.8. The highest BCUT2D eigenvalue weighted by Gasteiger charge is 2.14. The van der Waals surface area contributed by atoms with E-state index in [0.717, 1.165) is 16.6 Å². The molecule has 2 N–H and O–H groups in total. The van der Waals surface area contributed by atoms with Crippen LogP contribution in [0, 0.1) is 5.82 Å². The van der Waals surface area contributed by atoms with Gasteiger partial charge in [0.25, 0.3) is 0 Å². The Morgan fingerprint density at radius 2 is 2.05 bits per heavy atom. The highest BCUT2D eigenvalue weighted by atomic mass is 79.9.